The first-order valence-electron chi connectivity index (χ1n) is 11.4. The zero-order chi connectivity index (χ0) is 24.6. The summed E-state index contributed by atoms with van der Waals surface area (Å²) in [5.41, 5.74) is 6.22. The number of amides is 3. The molecule has 4 N–H and O–H groups in total. The Labute approximate surface area is 205 Å². The SMILES string of the molecule is CCCCCCOc1ccc(C(=O)NC(=S)NNC(=O)CCC(=O)NCc2ccccc2)cc1. The number of benzene rings is 2. The zero-order valence-electron chi connectivity index (χ0n) is 19.4. The Hall–Kier alpha value is -3.46. The van der Waals surface area contributed by atoms with E-state index >= 15 is 0 Å². The molecule has 0 spiro atoms. The first-order chi connectivity index (χ1) is 16.5. The Morgan fingerprint density at radius 2 is 1.56 bits per heavy atom. The Morgan fingerprint density at radius 3 is 2.26 bits per heavy atom. The van der Waals surface area contributed by atoms with Crippen LogP contribution in [0.4, 0.5) is 0 Å². The van der Waals surface area contributed by atoms with Gasteiger partial charge in [0.2, 0.25) is 11.8 Å². The minimum atomic E-state index is -0.424. The molecule has 0 fully saturated rings. The lowest BCUT2D eigenvalue weighted by Crippen LogP contribution is -2.48. The molecule has 9 heteroatoms. The van der Waals surface area contributed by atoms with Gasteiger partial charge in [0.25, 0.3) is 5.91 Å². The summed E-state index contributed by atoms with van der Waals surface area (Å²) in [6, 6.07) is 16.2. The van der Waals surface area contributed by atoms with Crippen LogP contribution in [0.15, 0.2) is 54.6 Å². The van der Waals surface area contributed by atoms with Crippen molar-refractivity contribution >= 4 is 35.1 Å². The van der Waals surface area contributed by atoms with Gasteiger partial charge in [-0.1, -0.05) is 56.5 Å². The fourth-order valence-corrected chi connectivity index (χ4v) is 3.07. The average molecular weight is 485 g/mol. The molecule has 0 unspecified atom stereocenters. The number of thiocarbonyl (C=S) groups is 1. The third kappa shape index (κ3) is 10.9. The van der Waals surface area contributed by atoms with E-state index in [4.69, 9.17) is 17.0 Å². The molecule has 0 saturated heterocycles. The van der Waals surface area contributed by atoms with Gasteiger partial charge in [-0.3, -0.25) is 30.6 Å². The fraction of sp³-hybridized carbons (Fsp3) is 0.360. The van der Waals surface area contributed by atoms with Crippen molar-refractivity contribution in [1.82, 2.24) is 21.5 Å². The topological polar surface area (TPSA) is 109 Å². The van der Waals surface area contributed by atoms with Crippen molar-refractivity contribution in [3.05, 3.63) is 65.7 Å². The Kier molecular flexibility index (Phi) is 12.1. The van der Waals surface area contributed by atoms with Gasteiger partial charge in [-0.05, 0) is 48.5 Å². The van der Waals surface area contributed by atoms with Gasteiger partial charge in [-0.25, -0.2) is 0 Å². The minimum Gasteiger partial charge on any atom is -0.494 e. The first kappa shape index (κ1) is 26.8. The molecule has 0 bridgehead atoms. The van der Waals surface area contributed by atoms with Crippen molar-refractivity contribution in [2.45, 2.75) is 52.0 Å². The maximum Gasteiger partial charge on any atom is 0.257 e. The van der Waals surface area contributed by atoms with Crippen LogP contribution < -0.4 is 26.2 Å². The summed E-state index contributed by atoms with van der Waals surface area (Å²) in [6.07, 6.45) is 4.52. The molecule has 0 aliphatic heterocycles. The van der Waals surface area contributed by atoms with Crippen molar-refractivity contribution in [2.75, 3.05) is 6.61 Å². The number of hydrogen-bond donors (Lipinski definition) is 4. The van der Waals surface area contributed by atoms with Crippen LogP contribution in [0, 0.1) is 0 Å². The summed E-state index contributed by atoms with van der Waals surface area (Å²) < 4.78 is 5.67. The van der Waals surface area contributed by atoms with Gasteiger partial charge in [0.05, 0.1) is 6.61 Å². The maximum atomic E-state index is 12.3. The van der Waals surface area contributed by atoms with Gasteiger partial charge in [0, 0.05) is 24.9 Å². The van der Waals surface area contributed by atoms with Crippen LogP contribution in [0.3, 0.4) is 0 Å². The minimum absolute atomic E-state index is 0.0237. The van der Waals surface area contributed by atoms with E-state index in [1.54, 1.807) is 24.3 Å². The van der Waals surface area contributed by atoms with Crippen LogP contribution in [-0.4, -0.2) is 29.4 Å². The third-order valence-electron chi connectivity index (χ3n) is 4.84. The Balaban J connectivity index is 1.61. The van der Waals surface area contributed by atoms with Crippen LogP contribution in [0.25, 0.3) is 0 Å². The van der Waals surface area contributed by atoms with E-state index in [2.05, 4.69) is 28.4 Å². The number of carbonyl (C=O) groups is 3. The predicted octanol–water partition coefficient (Wildman–Crippen LogP) is 3.38. The van der Waals surface area contributed by atoms with E-state index in [0.29, 0.717) is 24.5 Å². The molecular formula is C25H32N4O4S. The van der Waals surface area contributed by atoms with Gasteiger partial charge >= 0.3 is 0 Å². The van der Waals surface area contributed by atoms with Crippen LogP contribution in [-0.2, 0) is 16.1 Å². The summed E-state index contributed by atoms with van der Waals surface area (Å²) in [5.74, 6) is -0.370. The Morgan fingerprint density at radius 1 is 0.853 bits per heavy atom. The highest BCUT2D eigenvalue weighted by Gasteiger charge is 2.10. The van der Waals surface area contributed by atoms with Gasteiger partial charge < -0.3 is 10.1 Å². The van der Waals surface area contributed by atoms with Crippen LogP contribution in [0.1, 0.15) is 61.4 Å². The lowest BCUT2D eigenvalue weighted by molar-refractivity contribution is -0.126. The number of hydrazine groups is 1. The molecule has 0 atom stereocenters. The number of unbranched alkanes of at least 4 members (excludes halogenated alkanes) is 3. The lowest BCUT2D eigenvalue weighted by atomic mass is 10.2. The van der Waals surface area contributed by atoms with Crippen molar-refractivity contribution < 1.29 is 19.1 Å². The second-order valence-corrected chi connectivity index (χ2v) is 8.06. The molecule has 0 aliphatic rings. The summed E-state index contributed by atoms with van der Waals surface area (Å²) in [7, 11) is 0. The monoisotopic (exact) mass is 484 g/mol. The molecule has 2 aromatic rings. The molecule has 8 nitrogen and oxygen atoms in total. The molecule has 0 aromatic heterocycles. The van der Waals surface area contributed by atoms with Crippen molar-refractivity contribution in [3.63, 3.8) is 0 Å². The van der Waals surface area contributed by atoms with Crippen molar-refractivity contribution in [3.8, 4) is 5.75 Å². The van der Waals surface area contributed by atoms with Crippen molar-refractivity contribution in [1.29, 1.82) is 0 Å². The molecule has 2 rings (SSSR count). The smallest absolute Gasteiger partial charge is 0.257 e. The molecular weight excluding hydrogens is 452 g/mol. The highest BCUT2D eigenvalue weighted by Crippen LogP contribution is 2.13. The molecule has 182 valence electrons. The zero-order valence-corrected chi connectivity index (χ0v) is 20.2. The van der Waals surface area contributed by atoms with Gasteiger partial charge in [-0.15, -0.1) is 0 Å². The van der Waals surface area contributed by atoms with Crippen LogP contribution in [0.2, 0.25) is 0 Å². The fourth-order valence-electron chi connectivity index (χ4n) is 2.93. The van der Waals surface area contributed by atoms with Gasteiger partial charge in [0.1, 0.15) is 5.75 Å². The summed E-state index contributed by atoms with van der Waals surface area (Å²) in [5, 5.41) is 5.19. The largest absolute Gasteiger partial charge is 0.494 e. The van der Waals surface area contributed by atoms with E-state index in [1.165, 1.54) is 12.8 Å². The summed E-state index contributed by atoms with van der Waals surface area (Å²) in [4.78, 5) is 36.1. The van der Waals surface area contributed by atoms with E-state index in [0.717, 1.165) is 18.4 Å². The first-order valence-corrected chi connectivity index (χ1v) is 11.8. The summed E-state index contributed by atoms with van der Waals surface area (Å²) in [6.45, 7) is 3.21. The second-order valence-electron chi connectivity index (χ2n) is 7.65. The van der Waals surface area contributed by atoms with Gasteiger partial charge in [-0.2, -0.15) is 0 Å². The van der Waals surface area contributed by atoms with Crippen LogP contribution in [0.5, 0.6) is 5.75 Å². The number of ether oxygens (including phenoxy) is 1. The summed E-state index contributed by atoms with van der Waals surface area (Å²) >= 11 is 5.04. The standard InChI is InChI=1S/C25H32N4O4S/c1-2-3-4-8-17-33-21-13-11-20(12-14-21)24(32)27-25(34)29-28-23(31)16-15-22(30)26-18-19-9-6-5-7-10-19/h5-7,9-14H,2-4,8,15-18H2,1H3,(H,26,30)(H,28,31)(H2,27,29,32,34). The number of hydrogen-bond acceptors (Lipinski definition) is 5. The molecule has 0 radical (unpaired) electrons. The van der Waals surface area contributed by atoms with Gasteiger partial charge in [0.15, 0.2) is 5.11 Å². The average Bonchev–Trinajstić information content (AvgIpc) is 2.85. The molecule has 3 amide bonds. The van der Waals surface area contributed by atoms with E-state index in [9.17, 15) is 14.4 Å². The lowest BCUT2D eigenvalue weighted by Gasteiger charge is -2.11. The normalized spacial score (nSPS) is 10.1. The number of nitrogens with one attached hydrogen (secondary N) is 4. The maximum absolute atomic E-state index is 12.3. The second kappa shape index (κ2) is 15.4. The highest BCUT2D eigenvalue weighted by molar-refractivity contribution is 7.80. The predicted molar refractivity (Wildman–Crippen MR) is 135 cm³/mol. The van der Waals surface area contributed by atoms with Crippen LogP contribution >= 0.6 is 12.2 Å². The molecule has 0 heterocycles. The van der Waals surface area contributed by atoms with E-state index in [1.807, 2.05) is 30.3 Å². The molecule has 0 aliphatic carbocycles. The molecule has 0 saturated carbocycles. The number of rotatable bonds is 12. The molecule has 2 aromatic carbocycles. The quantitative estimate of drug-likeness (QED) is 0.209. The van der Waals surface area contributed by atoms with E-state index in [-0.39, 0.29) is 23.9 Å². The Bertz CT molecular complexity index is 936. The highest BCUT2D eigenvalue weighted by atomic mass is 32.1. The number of carbonyl (C=O) groups excluding carboxylic acids is 3. The third-order valence-corrected chi connectivity index (χ3v) is 5.04. The van der Waals surface area contributed by atoms with Crippen molar-refractivity contribution in [2.24, 2.45) is 0 Å². The molecule has 34 heavy (non-hydrogen) atoms. The van der Waals surface area contributed by atoms with E-state index < -0.39 is 11.8 Å².